The summed E-state index contributed by atoms with van der Waals surface area (Å²) in [4.78, 5) is 4.63. The molecule has 2 heteroatoms. The molecule has 84 valence electrons. The molecule has 0 atom stereocenters. The van der Waals surface area contributed by atoms with Crippen LogP contribution in [0, 0.1) is 6.92 Å². The number of hydrogen-bond donors (Lipinski definition) is 0. The van der Waals surface area contributed by atoms with E-state index in [0.717, 1.165) is 0 Å². The molecule has 1 aromatic rings. The summed E-state index contributed by atoms with van der Waals surface area (Å²) in [7, 11) is 0. The second-order valence-corrected chi connectivity index (χ2v) is 5.75. The van der Waals surface area contributed by atoms with E-state index in [1.807, 2.05) is 6.20 Å². The summed E-state index contributed by atoms with van der Waals surface area (Å²) in [5.74, 6) is 2.02. The van der Waals surface area contributed by atoms with Crippen molar-refractivity contribution in [2.75, 3.05) is 0 Å². The number of aromatic nitrogens is 2. The molecule has 2 rings (SSSR count). The summed E-state index contributed by atoms with van der Waals surface area (Å²) in [5.41, 5.74) is 1.46. The van der Waals surface area contributed by atoms with Crippen LogP contribution in [0.25, 0.3) is 0 Å². The summed E-state index contributed by atoms with van der Waals surface area (Å²) in [6.07, 6.45) is 7.43. The van der Waals surface area contributed by atoms with Crippen LogP contribution in [0.2, 0.25) is 0 Å². The van der Waals surface area contributed by atoms with Gasteiger partial charge in [-0.2, -0.15) is 0 Å². The molecular formula is C13H22N2. The zero-order valence-electron chi connectivity index (χ0n) is 10.4. The van der Waals surface area contributed by atoms with E-state index < -0.39 is 0 Å². The molecule has 15 heavy (non-hydrogen) atoms. The molecule has 0 spiro atoms. The Morgan fingerprint density at radius 2 is 1.87 bits per heavy atom. The molecule has 1 aliphatic rings. The maximum absolute atomic E-state index is 4.63. The van der Waals surface area contributed by atoms with Crippen molar-refractivity contribution >= 4 is 0 Å². The molecule has 0 N–H and O–H groups in total. The lowest BCUT2D eigenvalue weighted by Crippen LogP contribution is -2.26. The van der Waals surface area contributed by atoms with Crippen molar-refractivity contribution in [3.8, 4) is 0 Å². The van der Waals surface area contributed by atoms with Crippen molar-refractivity contribution < 1.29 is 0 Å². The summed E-state index contributed by atoms with van der Waals surface area (Å²) >= 11 is 0. The van der Waals surface area contributed by atoms with Gasteiger partial charge < -0.3 is 4.57 Å². The van der Waals surface area contributed by atoms with Gasteiger partial charge in [-0.25, -0.2) is 4.98 Å². The van der Waals surface area contributed by atoms with E-state index in [4.69, 9.17) is 0 Å². The van der Waals surface area contributed by atoms with Crippen molar-refractivity contribution in [3.63, 3.8) is 0 Å². The van der Waals surface area contributed by atoms with E-state index in [2.05, 4.69) is 37.2 Å². The Bertz CT molecular complexity index is 338. The van der Waals surface area contributed by atoms with Crippen LogP contribution in [-0.2, 0) is 5.54 Å². The van der Waals surface area contributed by atoms with Crippen LogP contribution in [0.1, 0.15) is 63.9 Å². The Balaban J connectivity index is 2.39. The van der Waals surface area contributed by atoms with Crippen molar-refractivity contribution in [2.45, 2.75) is 64.8 Å². The van der Waals surface area contributed by atoms with Crippen LogP contribution in [-0.4, -0.2) is 9.55 Å². The fraction of sp³-hybridized carbons (Fsp3) is 0.769. The Labute approximate surface area is 92.7 Å². The van der Waals surface area contributed by atoms with Gasteiger partial charge in [-0.15, -0.1) is 0 Å². The van der Waals surface area contributed by atoms with Crippen LogP contribution in [0.4, 0.5) is 0 Å². The van der Waals surface area contributed by atoms with E-state index in [1.165, 1.54) is 37.2 Å². The van der Waals surface area contributed by atoms with Crippen molar-refractivity contribution in [1.82, 2.24) is 9.55 Å². The third kappa shape index (κ3) is 1.95. The first-order valence-electron chi connectivity index (χ1n) is 6.05. The van der Waals surface area contributed by atoms with E-state index in [-0.39, 0.29) is 5.54 Å². The summed E-state index contributed by atoms with van der Waals surface area (Å²) in [5, 5.41) is 0. The number of imidazole rings is 1. The highest BCUT2D eigenvalue weighted by molar-refractivity contribution is 5.12. The molecule has 0 radical (unpaired) electrons. The van der Waals surface area contributed by atoms with Gasteiger partial charge in [0.2, 0.25) is 0 Å². The number of rotatable bonds is 1. The second-order valence-electron chi connectivity index (χ2n) is 5.75. The first-order chi connectivity index (χ1) is 7.00. The average molecular weight is 206 g/mol. The molecule has 0 saturated heterocycles. The average Bonchev–Trinajstić information content (AvgIpc) is 2.68. The fourth-order valence-corrected chi connectivity index (χ4v) is 2.80. The van der Waals surface area contributed by atoms with Gasteiger partial charge in [0, 0.05) is 23.3 Å². The Kier molecular flexibility index (Phi) is 2.61. The van der Waals surface area contributed by atoms with E-state index >= 15 is 0 Å². The maximum Gasteiger partial charge on any atom is 0.112 e. The Morgan fingerprint density at radius 1 is 1.27 bits per heavy atom. The SMILES string of the molecule is Cc1cnc(C2CCCC2)n1C(C)(C)C. The highest BCUT2D eigenvalue weighted by Crippen LogP contribution is 2.35. The lowest BCUT2D eigenvalue weighted by atomic mass is 10.0. The molecule has 1 heterocycles. The molecule has 1 aromatic heterocycles. The highest BCUT2D eigenvalue weighted by Gasteiger charge is 2.26. The number of hydrogen-bond acceptors (Lipinski definition) is 1. The van der Waals surface area contributed by atoms with Gasteiger partial charge in [-0.05, 0) is 40.5 Å². The molecular weight excluding hydrogens is 184 g/mol. The number of aryl methyl sites for hydroxylation is 1. The van der Waals surface area contributed by atoms with Gasteiger partial charge in [0.15, 0.2) is 0 Å². The molecule has 1 saturated carbocycles. The Hall–Kier alpha value is -0.790. The number of nitrogens with zero attached hydrogens (tertiary/aromatic N) is 2. The van der Waals surface area contributed by atoms with Gasteiger partial charge in [0.1, 0.15) is 5.82 Å². The molecule has 0 bridgehead atoms. The normalized spacial score (nSPS) is 18.7. The quantitative estimate of drug-likeness (QED) is 0.686. The molecule has 2 nitrogen and oxygen atoms in total. The van der Waals surface area contributed by atoms with Crippen LogP contribution in [0.15, 0.2) is 6.20 Å². The van der Waals surface area contributed by atoms with Gasteiger partial charge >= 0.3 is 0 Å². The van der Waals surface area contributed by atoms with E-state index in [1.54, 1.807) is 0 Å². The molecule has 0 aliphatic heterocycles. The van der Waals surface area contributed by atoms with Gasteiger partial charge in [-0.3, -0.25) is 0 Å². The minimum atomic E-state index is 0.165. The summed E-state index contributed by atoms with van der Waals surface area (Å²) < 4.78 is 2.42. The molecule has 1 fully saturated rings. The van der Waals surface area contributed by atoms with Crippen LogP contribution in [0.3, 0.4) is 0 Å². The third-order valence-corrected chi connectivity index (χ3v) is 3.36. The van der Waals surface area contributed by atoms with Crippen molar-refractivity contribution in [3.05, 3.63) is 17.7 Å². The molecule has 0 aromatic carbocycles. The third-order valence-electron chi connectivity index (χ3n) is 3.36. The molecule has 1 aliphatic carbocycles. The summed E-state index contributed by atoms with van der Waals surface area (Å²) in [6, 6.07) is 0. The zero-order valence-corrected chi connectivity index (χ0v) is 10.4. The summed E-state index contributed by atoms with van der Waals surface area (Å²) in [6.45, 7) is 8.96. The molecule has 0 amide bonds. The minimum Gasteiger partial charge on any atom is -0.327 e. The monoisotopic (exact) mass is 206 g/mol. The largest absolute Gasteiger partial charge is 0.327 e. The second kappa shape index (κ2) is 3.66. The van der Waals surface area contributed by atoms with Crippen molar-refractivity contribution in [2.24, 2.45) is 0 Å². The smallest absolute Gasteiger partial charge is 0.112 e. The Morgan fingerprint density at radius 3 is 2.40 bits per heavy atom. The van der Waals surface area contributed by atoms with Gasteiger partial charge in [0.25, 0.3) is 0 Å². The van der Waals surface area contributed by atoms with E-state index in [9.17, 15) is 0 Å². The topological polar surface area (TPSA) is 17.8 Å². The maximum atomic E-state index is 4.63. The first kappa shape index (κ1) is 10.7. The zero-order chi connectivity index (χ0) is 11.1. The predicted molar refractivity (Wildman–Crippen MR) is 63.2 cm³/mol. The van der Waals surface area contributed by atoms with E-state index in [0.29, 0.717) is 5.92 Å². The lowest BCUT2D eigenvalue weighted by Gasteiger charge is -2.27. The van der Waals surface area contributed by atoms with Crippen molar-refractivity contribution in [1.29, 1.82) is 0 Å². The lowest BCUT2D eigenvalue weighted by molar-refractivity contribution is 0.365. The van der Waals surface area contributed by atoms with Crippen LogP contribution >= 0.6 is 0 Å². The standard InChI is InChI=1S/C13H22N2/c1-10-9-14-12(11-7-5-6-8-11)15(10)13(2,3)4/h9,11H,5-8H2,1-4H3. The fourth-order valence-electron chi connectivity index (χ4n) is 2.80. The van der Waals surface area contributed by atoms with Crippen LogP contribution < -0.4 is 0 Å². The highest BCUT2D eigenvalue weighted by atomic mass is 15.1. The minimum absolute atomic E-state index is 0.165. The van der Waals surface area contributed by atoms with Gasteiger partial charge in [-0.1, -0.05) is 12.8 Å². The molecule has 0 unspecified atom stereocenters. The first-order valence-corrected chi connectivity index (χ1v) is 6.05. The predicted octanol–water partition coefficient (Wildman–Crippen LogP) is 3.60. The van der Waals surface area contributed by atoms with Crippen LogP contribution in [0.5, 0.6) is 0 Å². The van der Waals surface area contributed by atoms with Gasteiger partial charge in [0.05, 0.1) is 0 Å².